The van der Waals surface area contributed by atoms with Gasteiger partial charge in [-0.15, -0.1) is 0 Å². The predicted octanol–water partition coefficient (Wildman–Crippen LogP) is -0.787. The Morgan fingerprint density at radius 1 is 1.71 bits per heavy atom. The highest BCUT2D eigenvalue weighted by molar-refractivity contribution is 7.77. The smallest absolute Gasteiger partial charge is 0.0541 e. The van der Waals surface area contributed by atoms with Crippen molar-refractivity contribution in [3.63, 3.8) is 0 Å². The molecule has 5 heteroatoms. The summed E-state index contributed by atoms with van der Waals surface area (Å²) in [5, 5.41) is 1.31. The zero-order valence-corrected chi connectivity index (χ0v) is 4.47. The molecule has 4 nitrogen and oxygen atoms in total. The standard InChI is InChI=1S/C2H6N4S/c3-5-2-1-4-6(5)7/h1-2,4,7H,3H2. The van der Waals surface area contributed by atoms with Gasteiger partial charge < -0.3 is 0 Å². The number of thiol groups is 1. The molecule has 0 saturated heterocycles. The molecule has 0 atom stereocenters. The summed E-state index contributed by atoms with van der Waals surface area (Å²) < 4.78 is 1.35. The fourth-order valence-electron chi connectivity index (χ4n) is 0.306. The first-order chi connectivity index (χ1) is 3.30. The highest BCUT2D eigenvalue weighted by Gasteiger charge is 2.03. The van der Waals surface area contributed by atoms with Gasteiger partial charge in [0.15, 0.2) is 0 Å². The van der Waals surface area contributed by atoms with E-state index in [9.17, 15) is 0 Å². The Morgan fingerprint density at radius 2 is 2.43 bits per heavy atom. The lowest BCUT2D eigenvalue weighted by Gasteiger charge is -2.15. The van der Waals surface area contributed by atoms with Gasteiger partial charge in [-0.2, -0.15) is 0 Å². The molecule has 40 valence electrons. The monoisotopic (exact) mass is 118 g/mol. The fourth-order valence-corrected chi connectivity index (χ4v) is 0.432. The number of hydrogen-bond donors (Lipinski definition) is 3. The summed E-state index contributed by atoms with van der Waals surface area (Å²) in [6.45, 7) is 0. The van der Waals surface area contributed by atoms with Gasteiger partial charge in [0.05, 0.1) is 6.20 Å². The fraction of sp³-hybridized carbons (Fsp3) is 0. The molecule has 0 amide bonds. The Kier molecular flexibility index (Phi) is 1.09. The van der Waals surface area contributed by atoms with Crippen LogP contribution in [0.4, 0.5) is 0 Å². The molecule has 0 aromatic carbocycles. The first-order valence-corrected chi connectivity index (χ1v) is 2.16. The van der Waals surface area contributed by atoms with Crippen LogP contribution in [-0.2, 0) is 0 Å². The molecule has 1 rings (SSSR count). The lowest BCUT2D eigenvalue weighted by molar-refractivity contribution is 0.131. The molecule has 7 heavy (non-hydrogen) atoms. The SMILES string of the molecule is NN1C=CNN1S. The van der Waals surface area contributed by atoms with Crippen molar-refractivity contribution >= 4 is 12.8 Å². The highest BCUT2D eigenvalue weighted by atomic mass is 32.1. The van der Waals surface area contributed by atoms with E-state index in [1.807, 2.05) is 0 Å². The van der Waals surface area contributed by atoms with Gasteiger partial charge in [0.2, 0.25) is 0 Å². The molecule has 0 unspecified atom stereocenters. The zero-order valence-electron chi connectivity index (χ0n) is 3.57. The van der Waals surface area contributed by atoms with Crippen molar-refractivity contribution in [2.45, 2.75) is 0 Å². The summed E-state index contributed by atoms with van der Waals surface area (Å²) in [7, 11) is 0. The van der Waals surface area contributed by atoms with E-state index >= 15 is 0 Å². The van der Waals surface area contributed by atoms with E-state index in [0.717, 1.165) is 0 Å². The van der Waals surface area contributed by atoms with Gasteiger partial charge in [0.25, 0.3) is 0 Å². The topological polar surface area (TPSA) is 44.5 Å². The van der Waals surface area contributed by atoms with Crippen LogP contribution >= 0.6 is 12.8 Å². The number of hydrazine groups is 3. The number of nitrogens with two attached hydrogens (primary N) is 1. The van der Waals surface area contributed by atoms with Crippen LogP contribution < -0.4 is 11.3 Å². The van der Waals surface area contributed by atoms with E-state index in [1.165, 1.54) is 9.64 Å². The lowest BCUT2D eigenvalue weighted by Crippen LogP contribution is -2.38. The Hall–Kier alpha value is -0.390. The van der Waals surface area contributed by atoms with Crippen molar-refractivity contribution in [3.05, 3.63) is 12.4 Å². The third-order valence-electron chi connectivity index (χ3n) is 0.636. The normalized spacial score (nSPS) is 20.6. The molecular formula is C2H6N4S. The maximum absolute atomic E-state index is 5.21. The van der Waals surface area contributed by atoms with Crippen molar-refractivity contribution in [1.29, 1.82) is 0 Å². The minimum absolute atomic E-state index is 1.31. The molecule has 3 N–H and O–H groups in total. The lowest BCUT2D eigenvalue weighted by atomic mass is 11.0. The summed E-state index contributed by atoms with van der Waals surface area (Å²) in [6.07, 6.45) is 3.32. The van der Waals surface area contributed by atoms with Crippen LogP contribution in [0.25, 0.3) is 0 Å². The van der Waals surface area contributed by atoms with E-state index in [1.54, 1.807) is 12.4 Å². The van der Waals surface area contributed by atoms with E-state index in [0.29, 0.717) is 0 Å². The van der Waals surface area contributed by atoms with E-state index < -0.39 is 0 Å². The Morgan fingerprint density at radius 3 is 2.57 bits per heavy atom. The number of nitrogens with one attached hydrogen (secondary N) is 1. The quantitative estimate of drug-likeness (QED) is 0.288. The molecule has 1 aliphatic heterocycles. The van der Waals surface area contributed by atoms with Crippen molar-refractivity contribution in [2.75, 3.05) is 0 Å². The molecular weight excluding hydrogens is 112 g/mol. The summed E-state index contributed by atoms with van der Waals surface area (Å²) in [6, 6.07) is 0. The van der Waals surface area contributed by atoms with Crippen molar-refractivity contribution < 1.29 is 0 Å². The molecule has 1 heterocycles. The molecule has 1 aliphatic rings. The minimum Gasteiger partial charge on any atom is -0.296 e. The maximum Gasteiger partial charge on any atom is 0.0541 e. The number of hydrogen-bond acceptors (Lipinski definition) is 5. The highest BCUT2D eigenvalue weighted by Crippen LogP contribution is 1.96. The van der Waals surface area contributed by atoms with Gasteiger partial charge in [0, 0.05) is 6.20 Å². The zero-order chi connectivity index (χ0) is 5.28. The van der Waals surface area contributed by atoms with Crippen molar-refractivity contribution in [2.24, 2.45) is 5.84 Å². The average Bonchev–Trinajstić information content (AvgIpc) is 1.91. The van der Waals surface area contributed by atoms with Crippen LogP contribution in [0, 0.1) is 0 Å². The van der Waals surface area contributed by atoms with Crippen LogP contribution in [0.2, 0.25) is 0 Å². The summed E-state index contributed by atoms with van der Waals surface area (Å²) in [4.78, 5) is 0. The minimum atomic E-state index is 1.31. The van der Waals surface area contributed by atoms with Gasteiger partial charge in [0.1, 0.15) is 0 Å². The van der Waals surface area contributed by atoms with Gasteiger partial charge in [-0.1, -0.05) is 4.52 Å². The first kappa shape index (κ1) is 4.76. The van der Waals surface area contributed by atoms with E-state index in [-0.39, 0.29) is 0 Å². The van der Waals surface area contributed by atoms with Crippen LogP contribution in [0.5, 0.6) is 0 Å². The molecule has 0 radical (unpaired) electrons. The van der Waals surface area contributed by atoms with Crippen LogP contribution in [-0.4, -0.2) is 9.64 Å². The second kappa shape index (κ2) is 1.61. The maximum atomic E-state index is 5.21. The van der Waals surface area contributed by atoms with Gasteiger partial charge in [-0.05, 0) is 12.8 Å². The predicted molar refractivity (Wildman–Crippen MR) is 29.1 cm³/mol. The summed E-state index contributed by atoms with van der Waals surface area (Å²) in [5.41, 5.74) is 2.69. The molecule has 0 aromatic heterocycles. The molecule has 0 aliphatic carbocycles. The first-order valence-electron chi connectivity index (χ1n) is 1.76. The summed E-state index contributed by atoms with van der Waals surface area (Å²) in [5.74, 6) is 5.21. The molecule has 0 bridgehead atoms. The van der Waals surface area contributed by atoms with Gasteiger partial charge >= 0.3 is 0 Å². The van der Waals surface area contributed by atoms with E-state index in [2.05, 4.69) is 18.2 Å². The third kappa shape index (κ3) is 0.792. The largest absolute Gasteiger partial charge is 0.296 e. The third-order valence-corrected chi connectivity index (χ3v) is 0.958. The molecule has 0 spiro atoms. The second-order valence-electron chi connectivity index (χ2n) is 1.11. The summed E-state index contributed by atoms with van der Waals surface area (Å²) >= 11 is 3.85. The number of nitrogens with zero attached hydrogens (tertiary/aromatic N) is 2. The Bertz CT molecular complexity index is 91.7. The van der Waals surface area contributed by atoms with Crippen molar-refractivity contribution in [3.8, 4) is 0 Å². The average molecular weight is 118 g/mol. The van der Waals surface area contributed by atoms with E-state index in [4.69, 9.17) is 5.84 Å². The Balaban J connectivity index is 2.45. The second-order valence-corrected chi connectivity index (χ2v) is 1.49. The van der Waals surface area contributed by atoms with Crippen LogP contribution in [0.1, 0.15) is 0 Å². The molecule has 0 saturated carbocycles. The van der Waals surface area contributed by atoms with Crippen LogP contribution in [0.3, 0.4) is 0 Å². The molecule has 0 aromatic rings. The molecule has 0 fully saturated rings. The van der Waals surface area contributed by atoms with Gasteiger partial charge in [-0.3, -0.25) is 5.43 Å². The van der Waals surface area contributed by atoms with Gasteiger partial charge in [-0.25, -0.2) is 11.0 Å². The van der Waals surface area contributed by atoms with Crippen molar-refractivity contribution in [1.82, 2.24) is 15.1 Å². The Labute approximate surface area is 47.0 Å². The van der Waals surface area contributed by atoms with Crippen LogP contribution in [0.15, 0.2) is 12.4 Å². The number of rotatable bonds is 0.